The van der Waals surface area contributed by atoms with E-state index in [0.717, 1.165) is 31.5 Å². The number of carbonyl (C=O) groups is 1. The Balaban J connectivity index is 1.27. The fourth-order valence-corrected chi connectivity index (χ4v) is 5.68. The molecular formula is C28H28ClF3N6O4. The summed E-state index contributed by atoms with van der Waals surface area (Å²) in [5.74, 6) is 0.0816. The van der Waals surface area contributed by atoms with Crippen LogP contribution in [0.15, 0.2) is 42.7 Å². The van der Waals surface area contributed by atoms with Gasteiger partial charge in [0, 0.05) is 24.7 Å². The van der Waals surface area contributed by atoms with Crippen molar-refractivity contribution >= 4 is 35.0 Å². The van der Waals surface area contributed by atoms with Gasteiger partial charge in [0.15, 0.2) is 11.6 Å². The summed E-state index contributed by atoms with van der Waals surface area (Å²) in [4.78, 5) is 30.3. The highest BCUT2D eigenvalue weighted by atomic mass is 35.5. The molecule has 6 rings (SSSR count). The predicted molar refractivity (Wildman–Crippen MR) is 149 cm³/mol. The summed E-state index contributed by atoms with van der Waals surface area (Å²) in [6.45, 7) is 5.54. The number of aromatic nitrogens is 3. The number of carbonyl (C=O) groups excluding carboxylic acids is 1. The molecular weight excluding hydrogens is 577 g/mol. The van der Waals surface area contributed by atoms with Crippen LogP contribution < -0.4 is 19.9 Å². The van der Waals surface area contributed by atoms with E-state index in [9.17, 15) is 18.0 Å². The standard InChI is InChI=1S/C28H28ClF3N6O4/c1-27(2)41-14-19(42-27)13-40-23-11-22(33-15-34-23)35-26(39)38-18-7-4-8-37(12-18)21-10-20(29)24(36-25(21)38)16-5-3-6-17(9-16)28(30,31)32/h3,5-6,9-11,15,18-19H,4,7-8,12-14H2,1-2H3,(H,33,34,35,39)/t18?,19-/m1/s1. The quantitative estimate of drug-likeness (QED) is 0.392. The Labute approximate surface area is 244 Å². The molecule has 10 nitrogen and oxygen atoms in total. The van der Waals surface area contributed by atoms with Crippen LogP contribution in [0.5, 0.6) is 5.88 Å². The van der Waals surface area contributed by atoms with Crippen molar-refractivity contribution in [2.24, 2.45) is 0 Å². The van der Waals surface area contributed by atoms with Crippen molar-refractivity contribution in [3.05, 3.63) is 53.3 Å². The number of piperidine rings is 1. The molecule has 2 fully saturated rings. The molecule has 1 unspecified atom stereocenters. The summed E-state index contributed by atoms with van der Waals surface area (Å²) >= 11 is 6.57. The van der Waals surface area contributed by atoms with Gasteiger partial charge in [-0.2, -0.15) is 13.2 Å². The lowest BCUT2D eigenvalue weighted by Crippen LogP contribution is -2.56. The van der Waals surface area contributed by atoms with Gasteiger partial charge >= 0.3 is 12.2 Å². The highest BCUT2D eigenvalue weighted by Gasteiger charge is 2.39. The van der Waals surface area contributed by atoms with Gasteiger partial charge in [-0.3, -0.25) is 10.2 Å². The largest absolute Gasteiger partial charge is 0.475 e. The minimum atomic E-state index is -4.53. The minimum Gasteiger partial charge on any atom is -0.475 e. The van der Waals surface area contributed by atoms with Gasteiger partial charge in [-0.05, 0) is 44.9 Å². The van der Waals surface area contributed by atoms with E-state index in [4.69, 9.17) is 25.8 Å². The Bertz CT molecular complexity index is 1510. The molecule has 1 N–H and O–H groups in total. The number of nitrogens with zero attached hydrogens (tertiary/aromatic N) is 5. The first kappa shape index (κ1) is 28.4. The number of benzene rings is 1. The minimum absolute atomic E-state index is 0.152. The van der Waals surface area contributed by atoms with Gasteiger partial charge in [0.25, 0.3) is 0 Å². The smallest absolute Gasteiger partial charge is 0.416 e. The van der Waals surface area contributed by atoms with Crippen molar-refractivity contribution in [1.82, 2.24) is 15.0 Å². The second kappa shape index (κ2) is 10.9. The molecule has 3 aromatic rings. The van der Waals surface area contributed by atoms with E-state index in [1.165, 1.54) is 29.4 Å². The molecule has 5 heterocycles. The molecule has 2 bridgehead atoms. The number of urea groups is 1. The Morgan fingerprint density at radius 1 is 1.24 bits per heavy atom. The molecule has 222 valence electrons. The maximum atomic E-state index is 13.7. The summed E-state index contributed by atoms with van der Waals surface area (Å²) in [6.07, 6.45) is -1.95. The number of hydrogen-bond acceptors (Lipinski definition) is 8. The fraction of sp³-hybridized carbons (Fsp3) is 0.429. The van der Waals surface area contributed by atoms with Crippen LogP contribution >= 0.6 is 11.6 Å². The van der Waals surface area contributed by atoms with Crippen LogP contribution in [0.25, 0.3) is 11.3 Å². The van der Waals surface area contributed by atoms with Crippen molar-refractivity contribution < 1.29 is 32.2 Å². The average molecular weight is 605 g/mol. The molecule has 1 aromatic carbocycles. The zero-order valence-corrected chi connectivity index (χ0v) is 23.6. The molecule has 42 heavy (non-hydrogen) atoms. The maximum Gasteiger partial charge on any atom is 0.416 e. The summed E-state index contributed by atoms with van der Waals surface area (Å²) in [6, 6.07) is 7.26. The second-order valence-corrected chi connectivity index (χ2v) is 11.2. The Hall–Kier alpha value is -3.68. The number of rotatable bonds is 5. The summed E-state index contributed by atoms with van der Waals surface area (Å²) < 4.78 is 57.3. The molecule has 3 aliphatic rings. The molecule has 0 spiro atoms. The first-order chi connectivity index (χ1) is 20.0. The lowest BCUT2D eigenvalue weighted by atomic mass is 9.99. The SMILES string of the molecule is CC1(C)OC[C@@H](COc2cc(NC(=O)N3c4nc(-c5cccc(C(F)(F)F)c5)c(Cl)cc4N4CCCC3C4)ncn2)O1. The molecule has 0 aliphatic carbocycles. The molecule has 0 radical (unpaired) electrons. The molecule has 2 saturated heterocycles. The third-order valence-electron chi connectivity index (χ3n) is 7.31. The summed E-state index contributed by atoms with van der Waals surface area (Å²) in [5, 5.41) is 2.99. The Morgan fingerprint density at radius 3 is 2.83 bits per heavy atom. The van der Waals surface area contributed by atoms with Crippen LogP contribution in [0.4, 0.5) is 35.3 Å². The van der Waals surface area contributed by atoms with E-state index >= 15 is 0 Å². The number of fused-ring (bicyclic) bond motifs is 4. The number of amides is 2. The highest BCUT2D eigenvalue weighted by Crippen LogP contribution is 2.43. The van der Waals surface area contributed by atoms with Gasteiger partial charge in [-0.1, -0.05) is 23.7 Å². The van der Waals surface area contributed by atoms with E-state index in [-0.39, 0.29) is 46.7 Å². The van der Waals surface area contributed by atoms with Crippen LogP contribution in [0.3, 0.4) is 0 Å². The molecule has 14 heteroatoms. The zero-order chi connectivity index (χ0) is 29.6. The number of halogens is 4. The molecule has 2 amide bonds. The number of pyridine rings is 1. The average Bonchev–Trinajstić information content (AvgIpc) is 3.30. The van der Waals surface area contributed by atoms with Crippen molar-refractivity contribution in [3.8, 4) is 17.1 Å². The molecule has 2 atom stereocenters. The Kier molecular flexibility index (Phi) is 7.36. The van der Waals surface area contributed by atoms with E-state index in [0.29, 0.717) is 24.7 Å². The maximum absolute atomic E-state index is 13.7. The topological polar surface area (TPSA) is 102 Å². The van der Waals surface area contributed by atoms with Gasteiger partial charge in [-0.25, -0.2) is 19.7 Å². The van der Waals surface area contributed by atoms with Gasteiger partial charge in [0.05, 0.1) is 34.6 Å². The van der Waals surface area contributed by atoms with Crippen molar-refractivity contribution in [3.63, 3.8) is 0 Å². The van der Waals surface area contributed by atoms with Crippen molar-refractivity contribution in [2.45, 2.75) is 50.8 Å². The monoisotopic (exact) mass is 604 g/mol. The number of ether oxygens (including phenoxy) is 3. The summed E-state index contributed by atoms with van der Waals surface area (Å²) in [5.41, 5.74) is 0.166. The van der Waals surface area contributed by atoms with Crippen LogP contribution in [0, 0.1) is 0 Å². The fourth-order valence-electron chi connectivity index (χ4n) is 5.42. The summed E-state index contributed by atoms with van der Waals surface area (Å²) in [7, 11) is 0. The van der Waals surface area contributed by atoms with E-state index in [2.05, 4.69) is 25.2 Å². The number of hydrogen-bond donors (Lipinski definition) is 1. The van der Waals surface area contributed by atoms with Crippen LogP contribution in [-0.2, 0) is 15.7 Å². The van der Waals surface area contributed by atoms with E-state index < -0.39 is 23.6 Å². The second-order valence-electron chi connectivity index (χ2n) is 10.8. The number of nitrogens with one attached hydrogen (secondary N) is 1. The van der Waals surface area contributed by atoms with E-state index in [1.807, 2.05) is 13.8 Å². The van der Waals surface area contributed by atoms with Gasteiger partial charge < -0.3 is 19.1 Å². The first-order valence-electron chi connectivity index (χ1n) is 13.5. The van der Waals surface area contributed by atoms with Gasteiger partial charge in [-0.15, -0.1) is 0 Å². The molecule has 2 aromatic heterocycles. The normalized spacial score (nSPS) is 21.2. The van der Waals surface area contributed by atoms with Crippen LogP contribution in [0.2, 0.25) is 5.02 Å². The highest BCUT2D eigenvalue weighted by molar-refractivity contribution is 6.33. The van der Waals surface area contributed by atoms with Crippen LogP contribution in [0.1, 0.15) is 32.3 Å². The first-order valence-corrected chi connectivity index (χ1v) is 13.8. The van der Waals surface area contributed by atoms with Crippen molar-refractivity contribution in [1.29, 1.82) is 0 Å². The predicted octanol–water partition coefficient (Wildman–Crippen LogP) is 5.76. The van der Waals surface area contributed by atoms with E-state index in [1.54, 1.807) is 6.07 Å². The van der Waals surface area contributed by atoms with Gasteiger partial charge in [0.1, 0.15) is 24.9 Å². The third-order valence-corrected chi connectivity index (χ3v) is 7.60. The lowest BCUT2D eigenvalue weighted by molar-refractivity contribution is -0.141. The third kappa shape index (κ3) is 5.81. The lowest BCUT2D eigenvalue weighted by Gasteiger charge is -2.46. The van der Waals surface area contributed by atoms with Gasteiger partial charge in [0.2, 0.25) is 5.88 Å². The van der Waals surface area contributed by atoms with Crippen molar-refractivity contribution in [2.75, 3.05) is 41.4 Å². The number of alkyl halides is 3. The number of anilines is 3. The molecule has 3 aliphatic heterocycles. The van der Waals surface area contributed by atoms with Crippen LogP contribution in [-0.4, -0.2) is 65.2 Å². The zero-order valence-electron chi connectivity index (χ0n) is 22.8. The Morgan fingerprint density at radius 2 is 2.07 bits per heavy atom. The molecule has 0 saturated carbocycles.